The summed E-state index contributed by atoms with van der Waals surface area (Å²) in [5.74, 6) is 6.82. The maximum atomic E-state index is 9.28. The minimum absolute atomic E-state index is 0.103. The maximum absolute atomic E-state index is 9.28. The Hall–Kier alpha value is -1.86. The molecule has 0 radical (unpaired) electrons. The number of anilines is 2. The third-order valence-electron chi connectivity index (χ3n) is 3.63. The second-order valence-corrected chi connectivity index (χ2v) is 4.75. The molecule has 0 aliphatic heterocycles. The monoisotopic (exact) mass is 262 g/mol. The first-order chi connectivity index (χ1) is 9.33. The van der Waals surface area contributed by atoms with Gasteiger partial charge >= 0.3 is 0 Å². The largest absolute Gasteiger partial charge is 0.395 e. The van der Waals surface area contributed by atoms with Gasteiger partial charge in [0, 0.05) is 25.0 Å². The topological polar surface area (TPSA) is 91.7 Å². The summed E-state index contributed by atoms with van der Waals surface area (Å²) in [5.41, 5.74) is 3.36. The number of hydrazine groups is 1. The van der Waals surface area contributed by atoms with E-state index < -0.39 is 0 Å². The van der Waals surface area contributed by atoms with Gasteiger partial charge in [0.05, 0.1) is 12.8 Å². The molecule has 2 aromatic rings. The van der Waals surface area contributed by atoms with Gasteiger partial charge < -0.3 is 19.8 Å². The summed E-state index contributed by atoms with van der Waals surface area (Å²) in [6.07, 6.45) is 8.89. The number of nitrogen functional groups attached to an aromatic ring is 1. The van der Waals surface area contributed by atoms with Gasteiger partial charge in [-0.3, -0.25) is 0 Å². The highest BCUT2D eigenvalue weighted by molar-refractivity contribution is 5.67. The zero-order valence-corrected chi connectivity index (χ0v) is 10.7. The molecule has 1 fully saturated rings. The molecule has 0 aromatic carbocycles. The highest BCUT2D eigenvalue weighted by atomic mass is 16.3. The fraction of sp³-hybridized carbons (Fsp3) is 0.500. The van der Waals surface area contributed by atoms with Crippen LogP contribution in [0.4, 0.5) is 11.6 Å². The second-order valence-electron chi connectivity index (χ2n) is 4.75. The van der Waals surface area contributed by atoms with Gasteiger partial charge in [0.15, 0.2) is 17.3 Å². The molecule has 1 saturated carbocycles. The molecule has 2 aromatic heterocycles. The minimum Gasteiger partial charge on any atom is -0.395 e. The first kappa shape index (κ1) is 12.2. The van der Waals surface area contributed by atoms with E-state index in [4.69, 9.17) is 5.84 Å². The molecule has 0 bridgehead atoms. The number of hydrogen-bond acceptors (Lipinski definition) is 6. The molecule has 0 saturated heterocycles. The molecular weight excluding hydrogens is 244 g/mol. The van der Waals surface area contributed by atoms with E-state index in [9.17, 15) is 5.11 Å². The average Bonchev–Trinajstić information content (AvgIpc) is 2.83. The average molecular weight is 262 g/mol. The fourth-order valence-electron chi connectivity index (χ4n) is 2.44. The summed E-state index contributed by atoms with van der Waals surface area (Å²) in [5, 5.41) is 9.28. The minimum atomic E-state index is 0.103. The quantitative estimate of drug-likeness (QED) is 0.532. The van der Waals surface area contributed by atoms with E-state index in [0.717, 1.165) is 24.3 Å². The van der Waals surface area contributed by atoms with Crippen LogP contribution in [-0.4, -0.2) is 38.7 Å². The lowest BCUT2D eigenvalue weighted by atomic mass is 9.91. The molecule has 1 aliphatic rings. The van der Waals surface area contributed by atoms with Crippen molar-refractivity contribution in [2.75, 3.05) is 23.5 Å². The zero-order valence-electron chi connectivity index (χ0n) is 10.7. The standard InChI is InChI=1S/C12H18N6O/c13-16-10-8-17-5-4-14-11(17)12(15-10)18(6-7-19)9-2-1-3-9/h4-5,8-9,16,19H,1-3,6-7,13H2. The fourth-order valence-corrected chi connectivity index (χ4v) is 2.44. The summed E-state index contributed by atoms with van der Waals surface area (Å²) >= 11 is 0. The normalized spacial score (nSPS) is 15.5. The van der Waals surface area contributed by atoms with Gasteiger partial charge in [-0.1, -0.05) is 0 Å². The molecule has 0 spiro atoms. The summed E-state index contributed by atoms with van der Waals surface area (Å²) in [6, 6.07) is 0.438. The number of nitrogens with two attached hydrogens (primary N) is 1. The molecule has 7 heteroatoms. The van der Waals surface area contributed by atoms with E-state index in [1.807, 2.05) is 10.6 Å². The predicted molar refractivity (Wildman–Crippen MR) is 72.9 cm³/mol. The van der Waals surface area contributed by atoms with Gasteiger partial charge in [-0.15, -0.1) is 0 Å². The van der Waals surface area contributed by atoms with Crippen LogP contribution < -0.4 is 16.2 Å². The van der Waals surface area contributed by atoms with Gasteiger partial charge in [0.25, 0.3) is 0 Å². The van der Waals surface area contributed by atoms with E-state index in [1.54, 1.807) is 12.4 Å². The SMILES string of the molecule is NNc1cn2ccnc2c(N(CCO)C2CCC2)n1. The van der Waals surface area contributed by atoms with Crippen molar-refractivity contribution in [3.63, 3.8) is 0 Å². The van der Waals surface area contributed by atoms with Gasteiger partial charge in [-0.05, 0) is 19.3 Å². The van der Waals surface area contributed by atoms with E-state index in [-0.39, 0.29) is 6.61 Å². The molecule has 102 valence electrons. The number of aromatic nitrogens is 3. The van der Waals surface area contributed by atoms with Crippen LogP contribution >= 0.6 is 0 Å². The molecule has 1 aliphatic carbocycles. The molecule has 0 unspecified atom stereocenters. The Labute approximate surface area is 111 Å². The van der Waals surface area contributed by atoms with Gasteiger partial charge in [-0.25, -0.2) is 15.8 Å². The van der Waals surface area contributed by atoms with Crippen molar-refractivity contribution in [2.24, 2.45) is 5.84 Å². The van der Waals surface area contributed by atoms with Crippen LogP contribution in [-0.2, 0) is 0 Å². The smallest absolute Gasteiger partial charge is 0.180 e. The zero-order chi connectivity index (χ0) is 13.2. The van der Waals surface area contributed by atoms with E-state index in [2.05, 4.69) is 20.3 Å². The van der Waals surface area contributed by atoms with Crippen LogP contribution in [0, 0.1) is 0 Å². The molecule has 4 N–H and O–H groups in total. The lowest BCUT2D eigenvalue weighted by Crippen LogP contribution is -2.42. The number of hydrogen-bond donors (Lipinski definition) is 3. The molecule has 0 atom stereocenters. The third kappa shape index (κ3) is 2.11. The first-order valence-electron chi connectivity index (χ1n) is 6.51. The van der Waals surface area contributed by atoms with E-state index >= 15 is 0 Å². The third-order valence-corrected chi connectivity index (χ3v) is 3.63. The first-order valence-corrected chi connectivity index (χ1v) is 6.51. The Balaban J connectivity index is 2.06. The molecule has 2 heterocycles. The number of nitrogens with zero attached hydrogens (tertiary/aromatic N) is 4. The highest BCUT2D eigenvalue weighted by Gasteiger charge is 2.27. The highest BCUT2D eigenvalue weighted by Crippen LogP contribution is 2.30. The summed E-state index contributed by atoms with van der Waals surface area (Å²) in [4.78, 5) is 11.0. The predicted octanol–water partition coefficient (Wildman–Crippen LogP) is 0.366. The number of aliphatic hydroxyl groups excluding tert-OH is 1. The summed E-state index contributed by atoms with van der Waals surface area (Å²) in [7, 11) is 0. The van der Waals surface area contributed by atoms with Gasteiger partial charge in [0.2, 0.25) is 0 Å². The van der Waals surface area contributed by atoms with Crippen LogP contribution in [0.3, 0.4) is 0 Å². The van der Waals surface area contributed by atoms with Crippen molar-refractivity contribution in [2.45, 2.75) is 25.3 Å². The molecule has 7 nitrogen and oxygen atoms in total. The van der Waals surface area contributed by atoms with E-state index in [1.165, 1.54) is 6.42 Å². The van der Waals surface area contributed by atoms with Crippen LogP contribution in [0.1, 0.15) is 19.3 Å². The van der Waals surface area contributed by atoms with Crippen LogP contribution in [0.5, 0.6) is 0 Å². The Kier molecular flexibility index (Phi) is 3.22. The Morgan fingerprint density at radius 3 is 3.00 bits per heavy atom. The lowest BCUT2D eigenvalue weighted by Gasteiger charge is -2.38. The van der Waals surface area contributed by atoms with Crippen molar-refractivity contribution in [3.05, 3.63) is 18.6 Å². The van der Waals surface area contributed by atoms with Gasteiger partial charge in [0.1, 0.15) is 0 Å². The molecule has 3 rings (SSSR count). The van der Waals surface area contributed by atoms with Crippen LogP contribution in [0.25, 0.3) is 5.65 Å². The van der Waals surface area contributed by atoms with Crippen LogP contribution in [0.15, 0.2) is 18.6 Å². The Bertz CT molecular complexity index is 564. The Morgan fingerprint density at radius 2 is 2.37 bits per heavy atom. The maximum Gasteiger partial charge on any atom is 0.180 e. The molecule has 0 amide bonds. The summed E-state index contributed by atoms with van der Waals surface area (Å²) in [6.45, 7) is 0.666. The number of nitrogens with one attached hydrogen (secondary N) is 1. The molecule has 19 heavy (non-hydrogen) atoms. The molecular formula is C12H18N6O. The lowest BCUT2D eigenvalue weighted by molar-refractivity contribution is 0.283. The van der Waals surface area contributed by atoms with Crippen molar-refractivity contribution in [1.82, 2.24) is 14.4 Å². The van der Waals surface area contributed by atoms with Gasteiger partial charge in [-0.2, -0.15) is 0 Å². The van der Waals surface area contributed by atoms with Crippen molar-refractivity contribution in [3.8, 4) is 0 Å². The summed E-state index contributed by atoms with van der Waals surface area (Å²) < 4.78 is 1.89. The van der Waals surface area contributed by atoms with Crippen LogP contribution in [0.2, 0.25) is 0 Å². The van der Waals surface area contributed by atoms with Crippen molar-refractivity contribution < 1.29 is 5.11 Å². The number of aliphatic hydroxyl groups is 1. The number of rotatable bonds is 5. The second kappa shape index (κ2) is 5.02. The van der Waals surface area contributed by atoms with Crippen molar-refractivity contribution >= 4 is 17.3 Å². The van der Waals surface area contributed by atoms with E-state index in [0.29, 0.717) is 18.4 Å². The number of fused-ring (bicyclic) bond motifs is 1. The Morgan fingerprint density at radius 1 is 1.53 bits per heavy atom. The van der Waals surface area contributed by atoms with Crippen molar-refractivity contribution in [1.29, 1.82) is 0 Å². The number of imidazole rings is 1.